The lowest BCUT2D eigenvalue weighted by atomic mass is 10.1. The summed E-state index contributed by atoms with van der Waals surface area (Å²) in [5.41, 5.74) is -0.985. The van der Waals surface area contributed by atoms with Crippen LogP contribution in [0, 0.1) is 11.6 Å². The van der Waals surface area contributed by atoms with Gasteiger partial charge in [-0.3, -0.25) is 4.79 Å². The van der Waals surface area contributed by atoms with Gasteiger partial charge in [-0.25, -0.2) is 8.78 Å². The van der Waals surface area contributed by atoms with Crippen LogP contribution < -0.4 is 5.32 Å². The highest BCUT2D eigenvalue weighted by Gasteiger charge is 2.21. The molecule has 0 aliphatic heterocycles. The van der Waals surface area contributed by atoms with Crippen molar-refractivity contribution in [3.05, 3.63) is 33.8 Å². The highest BCUT2D eigenvalue weighted by molar-refractivity contribution is 9.10. The van der Waals surface area contributed by atoms with Gasteiger partial charge in [0, 0.05) is 5.56 Å². The van der Waals surface area contributed by atoms with Crippen LogP contribution in [0.25, 0.3) is 0 Å². The maximum Gasteiger partial charge on any atom is 0.251 e. The lowest BCUT2D eigenvalue weighted by Gasteiger charge is -2.23. The van der Waals surface area contributed by atoms with Gasteiger partial charge in [0.1, 0.15) is 11.6 Å². The van der Waals surface area contributed by atoms with E-state index in [0.717, 1.165) is 12.1 Å². The minimum Gasteiger partial charge on any atom is -0.394 e. The second-order valence-corrected chi connectivity index (χ2v) is 5.04. The van der Waals surface area contributed by atoms with E-state index in [2.05, 4.69) is 21.2 Å². The molecule has 0 saturated heterocycles. The summed E-state index contributed by atoms with van der Waals surface area (Å²) in [5, 5.41) is 11.4. The third kappa shape index (κ3) is 3.47. The average molecular weight is 308 g/mol. The minimum atomic E-state index is -0.850. The molecule has 1 rings (SSSR count). The fourth-order valence-corrected chi connectivity index (χ4v) is 1.33. The Balaban J connectivity index is 2.98. The van der Waals surface area contributed by atoms with Gasteiger partial charge in [0.25, 0.3) is 5.91 Å². The molecule has 3 nitrogen and oxygen atoms in total. The van der Waals surface area contributed by atoms with Crippen LogP contribution >= 0.6 is 15.9 Å². The SMILES string of the molecule is CC(C)(CO)NC(=O)c1cc(F)c(Br)c(F)c1. The van der Waals surface area contributed by atoms with Gasteiger partial charge in [0.05, 0.1) is 16.6 Å². The molecule has 0 aromatic heterocycles. The predicted octanol–water partition coefficient (Wildman–Crippen LogP) is 2.23. The van der Waals surface area contributed by atoms with Crippen LogP contribution in [0.5, 0.6) is 0 Å². The van der Waals surface area contributed by atoms with E-state index in [1.165, 1.54) is 0 Å². The van der Waals surface area contributed by atoms with Crippen LogP contribution in [0.1, 0.15) is 24.2 Å². The van der Waals surface area contributed by atoms with Gasteiger partial charge >= 0.3 is 0 Å². The molecular formula is C11H12BrF2NO2. The van der Waals surface area contributed by atoms with Crippen LogP contribution in [0.15, 0.2) is 16.6 Å². The summed E-state index contributed by atoms with van der Waals surface area (Å²) in [5.74, 6) is -2.34. The number of aliphatic hydroxyl groups is 1. The van der Waals surface area contributed by atoms with Gasteiger partial charge in [0.2, 0.25) is 0 Å². The maximum absolute atomic E-state index is 13.2. The van der Waals surface area contributed by atoms with Crippen molar-refractivity contribution in [2.24, 2.45) is 0 Å². The molecule has 0 heterocycles. The fourth-order valence-electron chi connectivity index (χ4n) is 1.11. The van der Waals surface area contributed by atoms with E-state index in [0.29, 0.717) is 0 Å². The summed E-state index contributed by atoms with van der Waals surface area (Å²) in [4.78, 5) is 11.7. The summed E-state index contributed by atoms with van der Waals surface area (Å²) in [7, 11) is 0. The van der Waals surface area contributed by atoms with E-state index < -0.39 is 23.1 Å². The van der Waals surface area contributed by atoms with Crippen LogP contribution in [0.4, 0.5) is 8.78 Å². The first-order valence-corrected chi connectivity index (χ1v) is 5.64. The first-order chi connectivity index (χ1) is 7.76. The highest BCUT2D eigenvalue weighted by atomic mass is 79.9. The van der Waals surface area contributed by atoms with Crippen molar-refractivity contribution in [2.75, 3.05) is 6.61 Å². The van der Waals surface area contributed by atoms with Crippen molar-refractivity contribution in [3.63, 3.8) is 0 Å². The van der Waals surface area contributed by atoms with E-state index >= 15 is 0 Å². The second kappa shape index (κ2) is 5.10. The number of benzene rings is 1. The molecule has 0 aliphatic rings. The quantitative estimate of drug-likeness (QED) is 0.841. The molecule has 94 valence electrons. The Morgan fingerprint density at radius 3 is 2.29 bits per heavy atom. The molecule has 6 heteroatoms. The third-order valence-electron chi connectivity index (χ3n) is 2.09. The first kappa shape index (κ1) is 14.1. The third-order valence-corrected chi connectivity index (χ3v) is 2.85. The number of hydrogen-bond donors (Lipinski definition) is 2. The van der Waals surface area contributed by atoms with Gasteiger partial charge < -0.3 is 10.4 Å². The number of nitrogens with one attached hydrogen (secondary N) is 1. The van der Waals surface area contributed by atoms with E-state index in [1.807, 2.05) is 0 Å². The van der Waals surface area contributed by atoms with Gasteiger partial charge in [-0.2, -0.15) is 0 Å². The Hall–Kier alpha value is -1.01. The topological polar surface area (TPSA) is 49.3 Å². The zero-order chi connectivity index (χ0) is 13.2. The summed E-state index contributed by atoms with van der Waals surface area (Å²) >= 11 is 2.72. The fraction of sp³-hybridized carbons (Fsp3) is 0.364. The standard InChI is InChI=1S/C11H12BrF2NO2/c1-11(2,5-16)15-10(17)6-3-7(13)9(12)8(14)4-6/h3-4,16H,5H2,1-2H3,(H,15,17). The second-order valence-electron chi connectivity index (χ2n) is 4.25. The Morgan fingerprint density at radius 1 is 1.41 bits per heavy atom. The number of halogens is 3. The Morgan fingerprint density at radius 2 is 1.88 bits per heavy atom. The molecule has 0 aliphatic carbocycles. The number of rotatable bonds is 3. The van der Waals surface area contributed by atoms with Crippen LogP contribution in [-0.2, 0) is 0 Å². The molecule has 1 aromatic carbocycles. The summed E-state index contributed by atoms with van der Waals surface area (Å²) in [6.45, 7) is 2.91. The molecule has 0 fully saturated rings. The summed E-state index contributed by atoms with van der Waals surface area (Å²) < 4.78 is 26.1. The van der Waals surface area contributed by atoms with Crippen LogP contribution in [0.2, 0.25) is 0 Å². The van der Waals surface area contributed by atoms with E-state index in [1.54, 1.807) is 13.8 Å². The van der Waals surface area contributed by atoms with E-state index in [-0.39, 0.29) is 16.6 Å². The predicted molar refractivity (Wildman–Crippen MR) is 62.7 cm³/mol. The molecule has 0 spiro atoms. The molecule has 17 heavy (non-hydrogen) atoms. The van der Waals surface area contributed by atoms with Crippen molar-refractivity contribution in [3.8, 4) is 0 Å². The zero-order valence-electron chi connectivity index (χ0n) is 9.35. The van der Waals surface area contributed by atoms with Crippen molar-refractivity contribution < 1.29 is 18.7 Å². The number of hydrogen-bond acceptors (Lipinski definition) is 2. The van der Waals surface area contributed by atoms with Crippen molar-refractivity contribution >= 4 is 21.8 Å². The van der Waals surface area contributed by atoms with Crippen LogP contribution in [-0.4, -0.2) is 23.2 Å². The Kier molecular flexibility index (Phi) is 4.21. The lowest BCUT2D eigenvalue weighted by Crippen LogP contribution is -2.46. The Bertz CT molecular complexity index is 426. The molecular weight excluding hydrogens is 296 g/mol. The molecule has 1 aromatic rings. The number of aliphatic hydroxyl groups excluding tert-OH is 1. The molecule has 2 N–H and O–H groups in total. The van der Waals surface area contributed by atoms with Gasteiger partial charge in [0.15, 0.2) is 0 Å². The van der Waals surface area contributed by atoms with Gasteiger partial charge in [-0.05, 0) is 41.9 Å². The Labute approximate surface area is 106 Å². The summed E-state index contributed by atoms with van der Waals surface area (Å²) in [6.07, 6.45) is 0. The van der Waals surface area contributed by atoms with E-state index in [4.69, 9.17) is 5.11 Å². The minimum absolute atomic E-state index is 0.135. The molecule has 0 bridgehead atoms. The number of amides is 1. The van der Waals surface area contributed by atoms with Crippen molar-refractivity contribution in [1.29, 1.82) is 0 Å². The molecule has 0 radical (unpaired) electrons. The zero-order valence-corrected chi connectivity index (χ0v) is 10.9. The smallest absolute Gasteiger partial charge is 0.251 e. The normalized spacial score (nSPS) is 11.4. The molecule has 0 saturated carbocycles. The van der Waals surface area contributed by atoms with Gasteiger partial charge in [-0.1, -0.05) is 0 Å². The van der Waals surface area contributed by atoms with Crippen LogP contribution in [0.3, 0.4) is 0 Å². The number of carbonyl (C=O) groups is 1. The first-order valence-electron chi connectivity index (χ1n) is 4.85. The molecule has 0 unspecified atom stereocenters. The highest BCUT2D eigenvalue weighted by Crippen LogP contribution is 2.21. The van der Waals surface area contributed by atoms with Crippen molar-refractivity contribution in [1.82, 2.24) is 5.32 Å². The van der Waals surface area contributed by atoms with Gasteiger partial charge in [-0.15, -0.1) is 0 Å². The lowest BCUT2D eigenvalue weighted by molar-refractivity contribution is 0.0868. The largest absolute Gasteiger partial charge is 0.394 e. The van der Waals surface area contributed by atoms with E-state index in [9.17, 15) is 13.6 Å². The number of carbonyl (C=O) groups excluding carboxylic acids is 1. The monoisotopic (exact) mass is 307 g/mol. The molecule has 1 amide bonds. The maximum atomic E-state index is 13.2. The summed E-state index contributed by atoms with van der Waals surface area (Å²) in [6, 6.07) is 1.85. The average Bonchev–Trinajstić information content (AvgIpc) is 2.24. The molecule has 0 atom stereocenters. The van der Waals surface area contributed by atoms with Crippen molar-refractivity contribution in [2.45, 2.75) is 19.4 Å².